The number of amides is 1. The Bertz CT molecular complexity index is 1320. The van der Waals surface area contributed by atoms with Crippen molar-refractivity contribution < 1.29 is 9.90 Å². The Labute approximate surface area is 212 Å². The van der Waals surface area contributed by atoms with Crippen molar-refractivity contribution in [3.63, 3.8) is 0 Å². The van der Waals surface area contributed by atoms with Crippen LogP contribution in [-0.2, 0) is 18.5 Å². The van der Waals surface area contributed by atoms with Crippen molar-refractivity contribution in [3.05, 3.63) is 77.1 Å². The molecule has 36 heavy (non-hydrogen) atoms. The Morgan fingerprint density at radius 1 is 1.06 bits per heavy atom. The second-order valence-electron chi connectivity index (χ2n) is 10.7. The Morgan fingerprint density at radius 3 is 2.50 bits per heavy atom. The molecule has 3 aliphatic rings. The summed E-state index contributed by atoms with van der Waals surface area (Å²) >= 11 is 0. The first kappa shape index (κ1) is 23.1. The molecule has 6 rings (SSSR count). The molecule has 1 saturated heterocycles. The van der Waals surface area contributed by atoms with E-state index in [4.69, 9.17) is 0 Å². The van der Waals surface area contributed by atoms with Gasteiger partial charge in [0.15, 0.2) is 0 Å². The van der Waals surface area contributed by atoms with E-state index < -0.39 is 11.5 Å². The molecule has 1 amide bonds. The van der Waals surface area contributed by atoms with Gasteiger partial charge in [0.1, 0.15) is 0 Å². The summed E-state index contributed by atoms with van der Waals surface area (Å²) in [5.41, 5.74) is 3.64. The number of nitriles is 1. The predicted octanol–water partition coefficient (Wildman–Crippen LogP) is 4.55. The zero-order valence-corrected chi connectivity index (χ0v) is 20.6. The maximum atomic E-state index is 13.6. The highest BCUT2D eigenvalue weighted by atomic mass is 16.3. The lowest BCUT2D eigenvalue weighted by Gasteiger charge is -2.37. The average molecular weight is 481 g/mol. The van der Waals surface area contributed by atoms with Gasteiger partial charge in [-0.2, -0.15) is 5.26 Å². The maximum Gasteiger partial charge on any atom is 0.254 e. The number of carbonyl (C=O) groups excluding carboxylic acids is 1. The van der Waals surface area contributed by atoms with Crippen molar-refractivity contribution in [2.24, 2.45) is 0 Å². The highest BCUT2D eigenvalue weighted by Crippen LogP contribution is 2.38. The number of nitrogens with zero attached hydrogens (tertiary/aromatic N) is 4. The molecule has 2 aliphatic heterocycles. The molecule has 3 aromatic rings. The molecule has 0 radical (unpaired) electrons. The molecular weight excluding hydrogens is 448 g/mol. The van der Waals surface area contributed by atoms with Crippen molar-refractivity contribution in [1.29, 1.82) is 5.26 Å². The van der Waals surface area contributed by atoms with Gasteiger partial charge < -0.3 is 10.0 Å². The van der Waals surface area contributed by atoms with Gasteiger partial charge in [0.05, 0.1) is 23.6 Å². The van der Waals surface area contributed by atoms with Gasteiger partial charge in [-0.3, -0.25) is 14.7 Å². The molecule has 2 aromatic carbocycles. The van der Waals surface area contributed by atoms with Crippen LogP contribution >= 0.6 is 0 Å². The summed E-state index contributed by atoms with van der Waals surface area (Å²) < 4.78 is 0. The van der Waals surface area contributed by atoms with Crippen LogP contribution in [0.1, 0.15) is 65.6 Å². The van der Waals surface area contributed by atoms with Gasteiger partial charge in [-0.05, 0) is 71.3 Å². The summed E-state index contributed by atoms with van der Waals surface area (Å²) in [5, 5.41) is 23.0. The topological polar surface area (TPSA) is 80.5 Å². The molecule has 6 nitrogen and oxygen atoms in total. The SMILES string of the molecule is N#CC1(c2ccncc2)CCN(Cc2cc3c(c4ccccc24)CN([C@H]2CCCC[C@@H]2O)C3=O)CC1. The minimum absolute atomic E-state index is 0.0581. The van der Waals surface area contributed by atoms with E-state index in [-0.39, 0.29) is 11.9 Å². The fourth-order valence-corrected chi connectivity index (χ4v) is 6.59. The summed E-state index contributed by atoms with van der Waals surface area (Å²) in [4.78, 5) is 22.0. The average Bonchev–Trinajstić information content (AvgIpc) is 3.26. The number of rotatable bonds is 4. The molecule has 1 saturated carbocycles. The van der Waals surface area contributed by atoms with Gasteiger partial charge in [0.2, 0.25) is 0 Å². The molecule has 0 spiro atoms. The lowest BCUT2D eigenvalue weighted by atomic mass is 9.74. The van der Waals surface area contributed by atoms with Gasteiger partial charge in [-0.25, -0.2) is 0 Å². The summed E-state index contributed by atoms with van der Waals surface area (Å²) in [6.07, 6.45) is 8.40. The van der Waals surface area contributed by atoms with E-state index in [1.54, 1.807) is 12.4 Å². The van der Waals surface area contributed by atoms with Gasteiger partial charge in [-0.15, -0.1) is 0 Å². The van der Waals surface area contributed by atoms with Crippen LogP contribution in [0.2, 0.25) is 0 Å². The number of aliphatic hydroxyl groups is 1. The second-order valence-corrected chi connectivity index (χ2v) is 10.7. The normalized spacial score (nSPS) is 24.0. The number of benzene rings is 2. The van der Waals surface area contributed by atoms with Gasteiger partial charge in [0, 0.05) is 44.1 Å². The van der Waals surface area contributed by atoms with Crippen LogP contribution in [0.15, 0.2) is 54.9 Å². The third-order valence-corrected chi connectivity index (χ3v) is 8.71. The monoisotopic (exact) mass is 480 g/mol. The molecule has 0 unspecified atom stereocenters. The van der Waals surface area contributed by atoms with Crippen molar-refractivity contribution in [3.8, 4) is 6.07 Å². The van der Waals surface area contributed by atoms with Crippen LogP contribution in [0.4, 0.5) is 0 Å². The third kappa shape index (κ3) is 3.87. The lowest BCUT2D eigenvalue weighted by Crippen LogP contribution is -2.45. The minimum atomic E-state index is -0.462. The quantitative estimate of drug-likeness (QED) is 0.593. The van der Waals surface area contributed by atoms with Crippen molar-refractivity contribution >= 4 is 16.7 Å². The number of aliphatic hydroxyl groups excluding tert-OH is 1. The van der Waals surface area contributed by atoms with Crippen LogP contribution in [0.25, 0.3) is 10.8 Å². The summed E-state index contributed by atoms with van der Waals surface area (Å²) in [7, 11) is 0. The van der Waals surface area contributed by atoms with Crippen molar-refractivity contribution in [2.75, 3.05) is 13.1 Å². The van der Waals surface area contributed by atoms with Crippen LogP contribution in [0.5, 0.6) is 0 Å². The van der Waals surface area contributed by atoms with E-state index in [1.165, 1.54) is 5.39 Å². The third-order valence-electron chi connectivity index (χ3n) is 8.71. The van der Waals surface area contributed by atoms with E-state index in [1.807, 2.05) is 23.1 Å². The van der Waals surface area contributed by atoms with E-state index in [0.717, 1.165) is 85.8 Å². The standard InChI is InChI=1S/C30H32N4O2/c31-20-30(22-9-13-32-14-10-22)11-15-33(16-12-30)18-21-17-25-26(24-6-2-1-5-23(21)24)19-34(29(25)36)27-7-3-4-8-28(27)35/h1-2,5-6,9-10,13-14,17,27-28,35H,3-4,7-8,11-12,15-16,18-19H2/t27-,28-/m0/s1. The molecule has 6 heteroatoms. The number of carbonyl (C=O) groups is 1. The Morgan fingerprint density at radius 2 is 1.78 bits per heavy atom. The number of likely N-dealkylation sites (tertiary alicyclic amines) is 1. The summed E-state index contributed by atoms with van der Waals surface area (Å²) in [5.74, 6) is 0.0581. The smallest absolute Gasteiger partial charge is 0.254 e. The second kappa shape index (κ2) is 9.31. The molecule has 2 fully saturated rings. The van der Waals surface area contributed by atoms with E-state index in [0.29, 0.717) is 6.54 Å². The number of fused-ring (bicyclic) bond motifs is 3. The van der Waals surface area contributed by atoms with Gasteiger partial charge >= 0.3 is 0 Å². The van der Waals surface area contributed by atoms with Crippen LogP contribution < -0.4 is 0 Å². The first-order valence-electron chi connectivity index (χ1n) is 13.2. The minimum Gasteiger partial charge on any atom is -0.391 e. The number of piperidine rings is 1. The molecule has 184 valence electrons. The summed E-state index contributed by atoms with van der Waals surface area (Å²) in [6, 6.07) is 17.0. The molecule has 1 aromatic heterocycles. The first-order chi connectivity index (χ1) is 17.6. The van der Waals surface area contributed by atoms with Gasteiger partial charge in [0.25, 0.3) is 5.91 Å². The Kier molecular flexibility index (Phi) is 5.99. The Hall–Kier alpha value is -3.27. The van der Waals surface area contributed by atoms with Crippen LogP contribution in [0.3, 0.4) is 0 Å². The molecule has 0 bridgehead atoms. The fourth-order valence-electron chi connectivity index (χ4n) is 6.59. The number of hydrogen-bond donors (Lipinski definition) is 1. The van der Waals surface area contributed by atoms with Crippen LogP contribution in [0, 0.1) is 11.3 Å². The molecular formula is C30H32N4O2. The van der Waals surface area contributed by atoms with Crippen LogP contribution in [-0.4, -0.2) is 51.0 Å². The molecule has 1 aliphatic carbocycles. The molecule has 3 heterocycles. The zero-order valence-electron chi connectivity index (χ0n) is 20.6. The summed E-state index contributed by atoms with van der Waals surface area (Å²) in [6.45, 7) is 2.99. The fraction of sp³-hybridized carbons (Fsp3) is 0.433. The predicted molar refractivity (Wildman–Crippen MR) is 138 cm³/mol. The zero-order chi connectivity index (χ0) is 24.7. The highest BCUT2D eigenvalue weighted by molar-refractivity contribution is 6.05. The van der Waals surface area contributed by atoms with Crippen molar-refractivity contribution in [2.45, 2.75) is 69.2 Å². The maximum absolute atomic E-state index is 13.6. The molecule has 2 atom stereocenters. The highest BCUT2D eigenvalue weighted by Gasteiger charge is 2.39. The number of hydrogen-bond acceptors (Lipinski definition) is 5. The van der Waals surface area contributed by atoms with E-state index in [9.17, 15) is 15.2 Å². The molecule has 1 N–H and O–H groups in total. The largest absolute Gasteiger partial charge is 0.391 e. The van der Waals surface area contributed by atoms with Crippen molar-refractivity contribution in [1.82, 2.24) is 14.8 Å². The van der Waals surface area contributed by atoms with E-state index in [2.05, 4.69) is 40.2 Å². The Balaban J connectivity index is 1.27. The van der Waals surface area contributed by atoms with E-state index >= 15 is 0 Å². The number of aromatic nitrogens is 1. The van der Waals surface area contributed by atoms with Gasteiger partial charge in [-0.1, -0.05) is 37.1 Å². The first-order valence-corrected chi connectivity index (χ1v) is 13.2. The number of pyridine rings is 1. The lowest BCUT2D eigenvalue weighted by molar-refractivity contribution is 0.0192.